The molecule has 0 aromatic heterocycles. The molecule has 1 aliphatic rings. The summed E-state index contributed by atoms with van der Waals surface area (Å²) in [5.74, 6) is 0.115. The summed E-state index contributed by atoms with van der Waals surface area (Å²) in [6.45, 7) is 2.61. The van der Waals surface area contributed by atoms with E-state index in [0.717, 1.165) is 13.0 Å². The van der Waals surface area contributed by atoms with Gasteiger partial charge >= 0.3 is 0 Å². The van der Waals surface area contributed by atoms with E-state index in [1.807, 2.05) is 6.92 Å². The Morgan fingerprint density at radius 1 is 1.89 bits per heavy atom. The summed E-state index contributed by atoms with van der Waals surface area (Å²) in [7, 11) is 0. The first kappa shape index (κ1) is 6.26. The summed E-state index contributed by atoms with van der Waals surface area (Å²) in [5.41, 5.74) is 0. The fourth-order valence-corrected chi connectivity index (χ4v) is 0.766. The van der Waals surface area contributed by atoms with Gasteiger partial charge in [-0.3, -0.25) is 4.79 Å². The molecular formula is C6H10N2O. The predicted molar refractivity (Wildman–Crippen MR) is 35.1 cm³/mol. The van der Waals surface area contributed by atoms with Crippen LogP contribution in [-0.4, -0.2) is 23.7 Å². The highest BCUT2D eigenvalue weighted by molar-refractivity contribution is 5.78. The Morgan fingerprint density at radius 2 is 2.67 bits per heavy atom. The molecule has 0 aromatic carbocycles. The van der Waals surface area contributed by atoms with Crippen molar-refractivity contribution in [2.24, 2.45) is 5.10 Å². The van der Waals surface area contributed by atoms with Crippen molar-refractivity contribution in [3.63, 3.8) is 0 Å². The summed E-state index contributed by atoms with van der Waals surface area (Å²) < 4.78 is 0. The predicted octanol–water partition coefficient (Wildman–Crippen LogP) is 0.615. The number of nitrogens with zero attached hydrogens (tertiary/aromatic N) is 2. The lowest BCUT2D eigenvalue weighted by Crippen LogP contribution is -2.21. The number of amides is 1. The molecule has 1 amide bonds. The molecule has 3 heteroatoms. The highest BCUT2D eigenvalue weighted by Gasteiger charge is 2.11. The molecule has 0 atom stereocenters. The molecule has 3 nitrogen and oxygen atoms in total. The molecule has 1 heterocycles. The standard InChI is InChI=1S/C6H10N2O/c1-2-6(9)8-5-3-4-7-8/h4H,2-3,5H2,1H3. The topological polar surface area (TPSA) is 32.7 Å². The minimum atomic E-state index is 0.115. The molecule has 0 fully saturated rings. The first-order valence-electron chi connectivity index (χ1n) is 3.17. The Labute approximate surface area is 54.3 Å². The molecule has 50 valence electrons. The van der Waals surface area contributed by atoms with Gasteiger partial charge in [0.15, 0.2) is 0 Å². The summed E-state index contributed by atoms with van der Waals surface area (Å²) in [6, 6.07) is 0. The Bertz CT molecular complexity index is 142. The van der Waals surface area contributed by atoms with Crippen molar-refractivity contribution in [2.45, 2.75) is 19.8 Å². The van der Waals surface area contributed by atoms with Gasteiger partial charge < -0.3 is 0 Å². The molecule has 0 spiro atoms. The van der Waals surface area contributed by atoms with Crippen molar-refractivity contribution >= 4 is 12.1 Å². The Balaban J connectivity index is 2.43. The quantitative estimate of drug-likeness (QED) is 0.506. The van der Waals surface area contributed by atoms with E-state index < -0.39 is 0 Å². The van der Waals surface area contributed by atoms with Crippen molar-refractivity contribution in [3.8, 4) is 0 Å². The van der Waals surface area contributed by atoms with Crippen LogP contribution in [0.2, 0.25) is 0 Å². The number of hydrazone groups is 1. The van der Waals surface area contributed by atoms with Gasteiger partial charge in [0.25, 0.3) is 0 Å². The third-order valence-corrected chi connectivity index (χ3v) is 1.28. The average molecular weight is 126 g/mol. The van der Waals surface area contributed by atoms with Gasteiger partial charge in [-0.1, -0.05) is 6.92 Å². The van der Waals surface area contributed by atoms with E-state index >= 15 is 0 Å². The van der Waals surface area contributed by atoms with Gasteiger partial charge in [-0.05, 0) is 0 Å². The van der Waals surface area contributed by atoms with Crippen LogP contribution in [0.1, 0.15) is 19.8 Å². The minimum Gasteiger partial charge on any atom is -0.273 e. The van der Waals surface area contributed by atoms with Crippen molar-refractivity contribution < 1.29 is 4.79 Å². The molecule has 0 aromatic rings. The number of carbonyl (C=O) groups is 1. The van der Waals surface area contributed by atoms with Crippen LogP contribution in [0, 0.1) is 0 Å². The van der Waals surface area contributed by atoms with Gasteiger partial charge in [-0.15, -0.1) is 0 Å². The van der Waals surface area contributed by atoms with Gasteiger partial charge in [-0.2, -0.15) is 5.10 Å². The zero-order chi connectivity index (χ0) is 6.69. The van der Waals surface area contributed by atoms with E-state index in [9.17, 15) is 4.79 Å². The van der Waals surface area contributed by atoms with Crippen LogP contribution < -0.4 is 0 Å². The Morgan fingerprint density at radius 3 is 3.11 bits per heavy atom. The largest absolute Gasteiger partial charge is 0.273 e. The van der Waals surface area contributed by atoms with Gasteiger partial charge in [0.1, 0.15) is 0 Å². The molecular weight excluding hydrogens is 116 g/mol. The van der Waals surface area contributed by atoms with Crippen LogP contribution in [0.5, 0.6) is 0 Å². The first-order chi connectivity index (χ1) is 4.34. The van der Waals surface area contributed by atoms with Crippen LogP contribution in [0.25, 0.3) is 0 Å². The van der Waals surface area contributed by atoms with E-state index in [4.69, 9.17) is 0 Å². The molecule has 0 N–H and O–H groups in total. The SMILES string of the molecule is CCC(=O)N1CCC=N1. The summed E-state index contributed by atoms with van der Waals surface area (Å²) in [5, 5.41) is 5.38. The lowest BCUT2D eigenvalue weighted by molar-refractivity contribution is -0.130. The normalized spacial score (nSPS) is 16.8. The van der Waals surface area contributed by atoms with Crippen molar-refractivity contribution in [1.29, 1.82) is 0 Å². The minimum absolute atomic E-state index is 0.115. The Hall–Kier alpha value is -0.860. The first-order valence-corrected chi connectivity index (χ1v) is 3.17. The molecule has 1 rings (SSSR count). The van der Waals surface area contributed by atoms with E-state index in [1.165, 1.54) is 5.01 Å². The van der Waals surface area contributed by atoms with Gasteiger partial charge in [0.2, 0.25) is 5.91 Å². The van der Waals surface area contributed by atoms with Crippen LogP contribution in [0.4, 0.5) is 0 Å². The van der Waals surface area contributed by atoms with E-state index in [0.29, 0.717) is 6.42 Å². The van der Waals surface area contributed by atoms with Crippen molar-refractivity contribution in [3.05, 3.63) is 0 Å². The van der Waals surface area contributed by atoms with Crippen LogP contribution in [-0.2, 0) is 4.79 Å². The summed E-state index contributed by atoms with van der Waals surface area (Å²) in [4.78, 5) is 10.8. The monoisotopic (exact) mass is 126 g/mol. The third kappa shape index (κ3) is 1.28. The van der Waals surface area contributed by atoms with Crippen LogP contribution in [0.15, 0.2) is 5.10 Å². The molecule has 0 bridgehead atoms. The lowest BCUT2D eigenvalue weighted by atomic mass is 10.4. The second kappa shape index (κ2) is 2.62. The smallest absolute Gasteiger partial charge is 0.242 e. The zero-order valence-electron chi connectivity index (χ0n) is 5.50. The maximum absolute atomic E-state index is 10.8. The molecule has 0 saturated heterocycles. The highest BCUT2D eigenvalue weighted by Crippen LogP contribution is 2.01. The molecule has 0 saturated carbocycles. The summed E-state index contributed by atoms with van der Waals surface area (Å²) >= 11 is 0. The van der Waals surface area contributed by atoms with Crippen LogP contribution in [0.3, 0.4) is 0 Å². The number of rotatable bonds is 1. The molecule has 1 aliphatic heterocycles. The van der Waals surface area contributed by atoms with E-state index in [2.05, 4.69) is 5.10 Å². The van der Waals surface area contributed by atoms with Gasteiger partial charge in [-0.25, -0.2) is 5.01 Å². The van der Waals surface area contributed by atoms with Crippen molar-refractivity contribution in [1.82, 2.24) is 5.01 Å². The average Bonchev–Trinajstić information content (AvgIpc) is 2.37. The fraction of sp³-hybridized carbons (Fsp3) is 0.667. The summed E-state index contributed by atoms with van der Waals surface area (Å²) in [6.07, 6.45) is 3.23. The molecule has 0 radical (unpaired) electrons. The molecule has 0 unspecified atom stereocenters. The maximum Gasteiger partial charge on any atom is 0.242 e. The maximum atomic E-state index is 10.8. The zero-order valence-corrected chi connectivity index (χ0v) is 5.50. The number of hydrogen-bond donors (Lipinski definition) is 0. The second-order valence-corrected chi connectivity index (χ2v) is 1.96. The van der Waals surface area contributed by atoms with Gasteiger partial charge in [0.05, 0.1) is 0 Å². The van der Waals surface area contributed by atoms with E-state index in [1.54, 1.807) is 6.21 Å². The third-order valence-electron chi connectivity index (χ3n) is 1.28. The fourth-order valence-electron chi connectivity index (χ4n) is 0.766. The van der Waals surface area contributed by atoms with Gasteiger partial charge in [0, 0.05) is 25.6 Å². The molecule has 9 heavy (non-hydrogen) atoms. The Kier molecular flexibility index (Phi) is 1.82. The number of carbonyl (C=O) groups excluding carboxylic acids is 1. The highest BCUT2D eigenvalue weighted by atomic mass is 16.2. The second-order valence-electron chi connectivity index (χ2n) is 1.96. The lowest BCUT2D eigenvalue weighted by Gasteiger charge is -2.08. The van der Waals surface area contributed by atoms with E-state index in [-0.39, 0.29) is 5.91 Å². The van der Waals surface area contributed by atoms with Crippen molar-refractivity contribution in [2.75, 3.05) is 6.54 Å². The number of hydrogen-bond acceptors (Lipinski definition) is 2. The molecule has 0 aliphatic carbocycles. The van der Waals surface area contributed by atoms with Crippen LogP contribution >= 0.6 is 0 Å².